The first-order valence-electron chi connectivity index (χ1n) is 5.93. The molecule has 0 amide bonds. The maximum Gasteiger partial charge on any atom is 0.0573 e. The molecule has 1 aliphatic heterocycles. The van der Waals surface area contributed by atoms with Crippen LogP contribution in [0.5, 0.6) is 0 Å². The third-order valence-corrected chi connectivity index (χ3v) is 4.63. The van der Waals surface area contributed by atoms with Crippen LogP contribution >= 0.6 is 15.9 Å². The summed E-state index contributed by atoms with van der Waals surface area (Å²) in [5, 5.41) is 0. The van der Waals surface area contributed by atoms with Gasteiger partial charge in [-0.25, -0.2) is 0 Å². The van der Waals surface area contributed by atoms with E-state index < -0.39 is 0 Å². The molecule has 0 bridgehead atoms. The lowest BCUT2D eigenvalue weighted by Gasteiger charge is -2.34. The number of aromatic nitrogens is 1. The van der Waals surface area contributed by atoms with Crippen LogP contribution in [-0.2, 0) is 6.54 Å². The van der Waals surface area contributed by atoms with E-state index in [2.05, 4.69) is 45.7 Å². The Labute approximate surface area is 106 Å². The monoisotopic (exact) mass is 282 g/mol. The van der Waals surface area contributed by atoms with Crippen LogP contribution < -0.4 is 0 Å². The minimum absolute atomic E-state index is 0.630. The highest BCUT2D eigenvalue weighted by Crippen LogP contribution is 2.24. The molecular formula is C13H19BrN2. The second kappa shape index (κ2) is 5.28. The van der Waals surface area contributed by atoms with E-state index in [1.54, 1.807) is 0 Å². The first-order valence-corrected chi connectivity index (χ1v) is 6.85. The lowest BCUT2D eigenvalue weighted by molar-refractivity contribution is 0.192. The van der Waals surface area contributed by atoms with E-state index in [1.807, 2.05) is 12.3 Å². The number of rotatable bonds is 2. The molecule has 0 radical (unpaired) electrons. The minimum Gasteiger partial charge on any atom is -0.296 e. The molecule has 0 N–H and O–H groups in total. The Balaban J connectivity index is 1.98. The molecule has 0 saturated carbocycles. The van der Waals surface area contributed by atoms with Crippen LogP contribution in [0.15, 0.2) is 18.3 Å². The fraction of sp³-hybridized carbons (Fsp3) is 0.615. The minimum atomic E-state index is 0.630. The van der Waals surface area contributed by atoms with Crippen molar-refractivity contribution in [1.82, 2.24) is 9.88 Å². The molecule has 1 aromatic heterocycles. The molecule has 1 aliphatic rings. The molecule has 3 heteroatoms. The second-order valence-corrected chi connectivity index (χ2v) is 5.96. The van der Waals surface area contributed by atoms with E-state index in [1.165, 1.54) is 24.2 Å². The van der Waals surface area contributed by atoms with Gasteiger partial charge >= 0.3 is 0 Å². The third kappa shape index (κ3) is 2.83. The largest absolute Gasteiger partial charge is 0.296 e. The fourth-order valence-corrected chi connectivity index (χ4v) is 2.80. The summed E-state index contributed by atoms with van der Waals surface area (Å²) in [5.41, 5.74) is 2.52. The summed E-state index contributed by atoms with van der Waals surface area (Å²) in [6, 6.07) is 4.14. The molecule has 0 aliphatic carbocycles. The van der Waals surface area contributed by atoms with Gasteiger partial charge in [-0.3, -0.25) is 9.88 Å². The van der Waals surface area contributed by atoms with Crippen molar-refractivity contribution in [2.24, 2.45) is 5.92 Å². The first kappa shape index (κ1) is 12.1. The third-order valence-electron chi connectivity index (χ3n) is 3.44. The number of hydrogen-bond donors (Lipinski definition) is 0. The number of aryl methyl sites for hydroxylation is 1. The first-order chi connectivity index (χ1) is 7.66. The Bertz CT molecular complexity index is 354. The Hall–Kier alpha value is -0.410. The highest BCUT2D eigenvalue weighted by molar-refractivity contribution is 9.09. The van der Waals surface area contributed by atoms with Crippen molar-refractivity contribution in [3.63, 3.8) is 0 Å². The highest BCUT2D eigenvalue weighted by atomic mass is 79.9. The van der Waals surface area contributed by atoms with E-state index in [-0.39, 0.29) is 0 Å². The molecule has 2 rings (SSSR count). The van der Waals surface area contributed by atoms with E-state index >= 15 is 0 Å². The zero-order chi connectivity index (χ0) is 11.5. The second-order valence-electron chi connectivity index (χ2n) is 4.78. The van der Waals surface area contributed by atoms with Crippen molar-refractivity contribution in [2.75, 3.05) is 13.1 Å². The SMILES string of the molecule is Cc1cccnc1CN1CCC(C)C(Br)C1. The summed E-state index contributed by atoms with van der Waals surface area (Å²) in [6.07, 6.45) is 3.17. The molecule has 2 unspecified atom stereocenters. The zero-order valence-corrected chi connectivity index (χ0v) is 11.6. The predicted octanol–water partition coefficient (Wildman–Crippen LogP) is 3.00. The molecule has 88 valence electrons. The smallest absolute Gasteiger partial charge is 0.0573 e. The molecule has 0 aromatic carbocycles. The summed E-state index contributed by atoms with van der Waals surface area (Å²) < 4.78 is 0. The molecular weight excluding hydrogens is 264 g/mol. The Morgan fingerprint density at radius 3 is 3.06 bits per heavy atom. The molecule has 2 nitrogen and oxygen atoms in total. The van der Waals surface area contributed by atoms with Crippen LogP contribution in [0.4, 0.5) is 0 Å². The maximum absolute atomic E-state index is 4.46. The lowest BCUT2D eigenvalue weighted by Crippen LogP contribution is -2.39. The summed E-state index contributed by atoms with van der Waals surface area (Å²) in [6.45, 7) is 7.78. The standard InChI is InChI=1S/C13H19BrN2/c1-10-5-7-16(8-12(10)14)9-13-11(2)4-3-6-15-13/h3-4,6,10,12H,5,7-9H2,1-2H3. The Morgan fingerprint density at radius 2 is 2.38 bits per heavy atom. The predicted molar refractivity (Wildman–Crippen MR) is 70.7 cm³/mol. The van der Waals surface area contributed by atoms with Crippen molar-refractivity contribution in [3.05, 3.63) is 29.6 Å². The van der Waals surface area contributed by atoms with Crippen LogP contribution in [0.3, 0.4) is 0 Å². The quantitative estimate of drug-likeness (QED) is 0.776. The van der Waals surface area contributed by atoms with Gasteiger partial charge in [0.25, 0.3) is 0 Å². The average Bonchev–Trinajstić information content (AvgIpc) is 2.27. The molecule has 2 atom stereocenters. The van der Waals surface area contributed by atoms with Crippen LogP contribution in [0, 0.1) is 12.8 Å². The van der Waals surface area contributed by atoms with Crippen molar-refractivity contribution in [2.45, 2.75) is 31.6 Å². The summed E-state index contributed by atoms with van der Waals surface area (Å²) in [4.78, 5) is 7.58. The molecule has 2 heterocycles. The van der Waals surface area contributed by atoms with Gasteiger partial charge < -0.3 is 0 Å². The van der Waals surface area contributed by atoms with Gasteiger partial charge in [0.15, 0.2) is 0 Å². The molecule has 1 saturated heterocycles. The van der Waals surface area contributed by atoms with Gasteiger partial charge in [-0.05, 0) is 37.4 Å². The maximum atomic E-state index is 4.46. The van der Waals surface area contributed by atoms with Crippen LogP contribution in [0.1, 0.15) is 24.6 Å². The van der Waals surface area contributed by atoms with Gasteiger partial charge in [0.1, 0.15) is 0 Å². The number of halogens is 1. The number of piperidine rings is 1. The van der Waals surface area contributed by atoms with Gasteiger partial charge in [0.2, 0.25) is 0 Å². The number of likely N-dealkylation sites (tertiary alicyclic amines) is 1. The molecule has 1 fully saturated rings. The van der Waals surface area contributed by atoms with Crippen molar-refractivity contribution in [1.29, 1.82) is 0 Å². The normalized spacial score (nSPS) is 26.9. The average molecular weight is 283 g/mol. The van der Waals surface area contributed by atoms with E-state index in [0.29, 0.717) is 4.83 Å². The number of hydrogen-bond acceptors (Lipinski definition) is 2. The Morgan fingerprint density at radius 1 is 1.56 bits per heavy atom. The van der Waals surface area contributed by atoms with Crippen LogP contribution in [-0.4, -0.2) is 27.8 Å². The van der Waals surface area contributed by atoms with Gasteiger partial charge in [-0.1, -0.05) is 28.9 Å². The summed E-state index contributed by atoms with van der Waals surface area (Å²) in [7, 11) is 0. The number of alkyl halides is 1. The number of nitrogens with zero attached hydrogens (tertiary/aromatic N) is 2. The highest BCUT2D eigenvalue weighted by Gasteiger charge is 2.24. The van der Waals surface area contributed by atoms with E-state index in [4.69, 9.17) is 0 Å². The van der Waals surface area contributed by atoms with Gasteiger partial charge in [-0.2, -0.15) is 0 Å². The summed E-state index contributed by atoms with van der Waals surface area (Å²) in [5.74, 6) is 0.793. The van der Waals surface area contributed by atoms with Crippen LogP contribution in [0.2, 0.25) is 0 Å². The summed E-state index contributed by atoms with van der Waals surface area (Å²) >= 11 is 3.76. The Kier molecular flexibility index (Phi) is 3.98. The van der Waals surface area contributed by atoms with Crippen molar-refractivity contribution in [3.8, 4) is 0 Å². The van der Waals surface area contributed by atoms with E-state index in [9.17, 15) is 0 Å². The van der Waals surface area contributed by atoms with Gasteiger partial charge in [-0.15, -0.1) is 0 Å². The van der Waals surface area contributed by atoms with Crippen LogP contribution in [0.25, 0.3) is 0 Å². The molecule has 16 heavy (non-hydrogen) atoms. The number of pyridine rings is 1. The molecule has 0 spiro atoms. The van der Waals surface area contributed by atoms with E-state index in [0.717, 1.165) is 19.0 Å². The van der Waals surface area contributed by atoms with Crippen molar-refractivity contribution >= 4 is 15.9 Å². The topological polar surface area (TPSA) is 16.1 Å². The zero-order valence-electron chi connectivity index (χ0n) is 9.99. The molecule has 1 aromatic rings. The van der Waals surface area contributed by atoms with Crippen molar-refractivity contribution < 1.29 is 0 Å². The fourth-order valence-electron chi connectivity index (χ4n) is 2.12. The van der Waals surface area contributed by atoms with Gasteiger partial charge in [0, 0.05) is 24.1 Å². The lowest BCUT2D eigenvalue weighted by atomic mass is 9.99. The van der Waals surface area contributed by atoms with Gasteiger partial charge in [0.05, 0.1) is 5.69 Å².